The van der Waals surface area contributed by atoms with E-state index in [1.807, 2.05) is 36.4 Å². The predicted molar refractivity (Wildman–Crippen MR) is 73.1 cm³/mol. The summed E-state index contributed by atoms with van der Waals surface area (Å²) in [6.07, 6.45) is -0.695. The maximum Gasteiger partial charge on any atom is 0.412 e. The molecule has 0 aliphatic carbocycles. The van der Waals surface area contributed by atoms with E-state index in [2.05, 4.69) is 5.32 Å². The fraction of sp³-hybridized carbons (Fsp3) is 0.0667. The molecule has 0 unspecified atom stereocenters. The number of amides is 1. The molecular weight excluding hydrogens is 256 g/mol. The third kappa shape index (κ3) is 3.27. The Morgan fingerprint density at radius 2 is 1.95 bits per heavy atom. The van der Waals surface area contributed by atoms with Gasteiger partial charge in [0.05, 0.1) is 11.3 Å². The number of nitrogens with one attached hydrogen (secondary N) is 1. The molecule has 0 saturated heterocycles. The number of benzene rings is 2. The van der Waals surface area contributed by atoms with Gasteiger partial charge >= 0.3 is 6.09 Å². The summed E-state index contributed by atoms with van der Waals surface area (Å²) >= 11 is 0. The molecule has 0 spiro atoms. The van der Waals surface area contributed by atoms with Crippen LogP contribution in [0.2, 0.25) is 0 Å². The van der Waals surface area contributed by atoms with Crippen LogP contribution in [0, 0.1) is 11.3 Å². The molecule has 2 N–H and O–H groups in total. The van der Waals surface area contributed by atoms with Gasteiger partial charge in [-0.3, -0.25) is 5.32 Å². The molecule has 0 heterocycles. The highest BCUT2D eigenvalue weighted by molar-refractivity contribution is 5.87. The van der Waals surface area contributed by atoms with E-state index in [-0.39, 0.29) is 23.6 Å². The van der Waals surface area contributed by atoms with Crippen molar-refractivity contribution in [2.75, 3.05) is 5.32 Å². The summed E-state index contributed by atoms with van der Waals surface area (Å²) < 4.78 is 5.02. The molecule has 20 heavy (non-hydrogen) atoms. The van der Waals surface area contributed by atoms with Crippen LogP contribution in [0.1, 0.15) is 11.1 Å². The largest absolute Gasteiger partial charge is 0.504 e. The topological polar surface area (TPSA) is 82.4 Å². The standard InChI is InChI=1S/C15H12N2O3/c16-9-12-7-4-8-13(14(12)18)17-15(19)20-10-11-5-2-1-3-6-11/h1-8,18H,10H2,(H,17,19). The Labute approximate surface area is 116 Å². The summed E-state index contributed by atoms with van der Waals surface area (Å²) in [5, 5.41) is 20.9. The normalized spacial score (nSPS) is 9.55. The van der Waals surface area contributed by atoms with Crippen LogP contribution in [-0.2, 0) is 11.3 Å². The molecule has 100 valence electrons. The van der Waals surface area contributed by atoms with E-state index in [0.29, 0.717) is 0 Å². The summed E-state index contributed by atoms with van der Waals surface area (Å²) in [7, 11) is 0. The van der Waals surface area contributed by atoms with Crippen LogP contribution in [0.3, 0.4) is 0 Å². The first-order chi connectivity index (χ1) is 9.70. The second kappa shape index (κ2) is 6.25. The van der Waals surface area contributed by atoms with Crippen molar-refractivity contribution in [1.82, 2.24) is 0 Å². The van der Waals surface area contributed by atoms with Crippen molar-refractivity contribution in [3.8, 4) is 11.8 Å². The van der Waals surface area contributed by atoms with Crippen molar-refractivity contribution >= 4 is 11.8 Å². The minimum atomic E-state index is -0.695. The number of hydrogen-bond acceptors (Lipinski definition) is 4. The van der Waals surface area contributed by atoms with Gasteiger partial charge in [0.1, 0.15) is 12.7 Å². The smallest absolute Gasteiger partial charge is 0.412 e. The first-order valence-corrected chi connectivity index (χ1v) is 5.90. The lowest BCUT2D eigenvalue weighted by molar-refractivity contribution is 0.155. The molecule has 0 aromatic heterocycles. The van der Waals surface area contributed by atoms with Gasteiger partial charge in [-0.1, -0.05) is 36.4 Å². The van der Waals surface area contributed by atoms with Crippen molar-refractivity contribution in [2.24, 2.45) is 0 Å². The highest BCUT2D eigenvalue weighted by Gasteiger charge is 2.10. The minimum Gasteiger partial charge on any atom is -0.504 e. The average molecular weight is 268 g/mol. The number of phenols is 1. The number of nitriles is 1. The number of aromatic hydroxyl groups is 1. The van der Waals surface area contributed by atoms with Crippen LogP contribution in [0.4, 0.5) is 10.5 Å². The van der Waals surface area contributed by atoms with Gasteiger partial charge in [0.2, 0.25) is 0 Å². The molecule has 1 amide bonds. The number of anilines is 1. The van der Waals surface area contributed by atoms with E-state index >= 15 is 0 Å². The third-order valence-electron chi connectivity index (χ3n) is 2.61. The molecule has 0 aliphatic heterocycles. The Morgan fingerprint density at radius 3 is 2.65 bits per heavy atom. The number of nitrogens with zero attached hydrogens (tertiary/aromatic N) is 1. The van der Waals surface area contributed by atoms with Gasteiger partial charge < -0.3 is 9.84 Å². The SMILES string of the molecule is N#Cc1cccc(NC(=O)OCc2ccccc2)c1O. The highest BCUT2D eigenvalue weighted by atomic mass is 16.5. The van der Waals surface area contributed by atoms with Gasteiger partial charge in [-0.2, -0.15) is 5.26 Å². The van der Waals surface area contributed by atoms with E-state index < -0.39 is 6.09 Å². The van der Waals surface area contributed by atoms with Gasteiger partial charge in [-0.15, -0.1) is 0 Å². The summed E-state index contributed by atoms with van der Waals surface area (Å²) in [6, 6.07) is 15.6. The Hall–Kier alpha value is -3.00. The first kappa shape index (κ1) is 13.4. The van der Waals surface area contributed by atoms with Crippen LogP contribution < -0.4 is 5.32 Å². The Bertz CT molecular complexity index is 648. The molecule has 5 heteroatoms. The zero-order valence-corrected chi connectivity index (χ0v) is 10.5. The second-order valence-corrected chi connectivity index (χ2v) is 4.00. The number of para-hydroxylation sites is 1. The van der Waals surface area contributed by atoms with Gasteiger partial charge in [-0.25, -0.2) is 4.79 Å². The van der Waals surface area contributed by atoms with Gasteiger partial charge in [0.25, 0.3) is 0 Å². The lowest BCUT2D eigenvalue weighted by atomic mass is 10.2. The fourth-order valence-corrected chi connectivity index (χ4v) is 1.60. The maximum absolute atomic E-state index is 11.6. The molecule has 0 saturated carbocycles. The quantitative estimate of drug-likeness (QED) is 0.838. The predicted octanol–water partition coefficient (Wildman–Crippen LogP) is 3.01. The number of phenolic OH excluding ortho intramolecular Hbond substituents is 1. The number of rotatable bonds is 3. The molecule has 0 bridgehead atoms. The molecule has 0 aliphatic rings. The molecule has 2 aromatic rings. The fourth-order valence-electron chi connectivity index (χ4n) is 1.60. The van der Waals surface area contributed by atoms with Gasteiger partial charge in [0.15, 0.2) is 5.75 Å². The highest BCUT2D eigenvalue weighted by Crippen LogP contribution is 2.26. The molecule has 2 rings (SSSR count). The van der Waals surface area contributed by atoms with E-state index in [1.165, 1.54) is 12.1 Å². The average Bonchev–Trinajstić information content (AvgIpc) is 2.48. The van der Waals surface area contributed by atoms with E-state index in [1.54, 1.807) is 6.07 Å². The summed E-state index contributed by atoms with van der Waals surface area (Å²) in [6.45, 7) is 0.130. The second-order valence-electron chi connectivity index (χ2n) is 4.00. The van der Waals surface area contributed by atoms with Crippen LogP contribution in [0.15, 0.2) is 48.5 Å². The summed E-state index contributed by atoms with van der Waals surface area (Å²) in [5.41, 5.74) is 1.09. The van der Waals surface area contributed by atoms with Crippen molar-refractivity contribution in [3.63, 3.8) is 0 Å². The lowest BCUT2D eigenvalue weighted by Gasteiger charge is -2.09. The molecule has 0 radical (unpaired) electrons. The van der Waals surface area contributed by atoms with E-state index in [0.717, 1.165) is 5.56 Å². The van der Waals surface area contributed by atoms with Crippen molar-refractivity contribution < 1.29 is 14.6 Å². The van der Waals surface area contributed by atoms with Crippen LogP contribution >= 0.6 is 0 Å². The van der Waals surface area contributed by atoms with Crippen molar-refractivity contribution in [1.29, 1.82) is 5.26 Å². The Balaban J connectivity index is 1.97. The van der Waals surface area contributed by atoms with Crippen LogP contribution in [0.25, 0.3) is 0 Å². The third-order valence-corrected chi connectivity index (χ3v) is 2.61. The first-order valence-electron chi connectivity index (χ1n) is 5.90. The number of carbonyl (C=O) groups excluding carboxylic acids is 1. The maximum atomic E-state index is 11.6. The Kier molecular flexibility index (Phi) is 4.20. The summed E-state index contributed by atoms with van der Waals surface area (Å²) in [5.74, 6) is -0.272. The van der Waals surface area contributed by atoms with E-state index in [9.17, 15) is 9.90 Å². The zero-order chi connectivity index (χ0) is 14.4. The summed E-state index contributed by atoms with van der Waals surface area (Å²) in [4.78, 5) is 11.6. The molecule has 5 nitrogen and oxygen atoms in total. The lowest BCUT2D eigenvalue weighted by Crippen LogP contribution is -2.13. The molecule has 0 fully saturated rings. The van der Waals surface area contributed by atoms with Gasteiger partial charge in [0, 0.05) is 0 Å². The molecule has 0 atom stereocenters. The van der Waals surface area contributed by atoms with Crippen LogP contribution in [0.5, 0.6) is 5.75 Å². The Morgan fingerprint density at radius 1 is 1.20 bits per heavy atom. The molecular formula is C15H12N2O3. The molecule has 2 aromatic carbocycles. The van der Waals surface area contributed by atoms with Crippen LogP contribution in [-0.4, -0.2) is 11.2 Å². The minimum absolute atomic E-state index is 0.0888. The zero-order valence-electron chi connectivity index (χ0n) is 10.5. The van der Waals surface area contributed by atoms with Crippen molar-refractivity contribution in [3.05, 3.63) is 59.7 Å². The number of ether oxygens (including phenoxy) is 1. The monoisotopic (exact) mass is 268 g/mol. The van der Waals surface area contributed by atoms with Gasteiger partial charge in [-0.05, 0) is 17.7 Å². The van der Waals surface area contributed by atoms with Crippen molar-refractivity contribution in [2.45, 2.75) is 6.61 Å². The van der Waals surface area contributed by atoms with E-state index in [4.69, 9.17) is 10.00 Å². The number of hydrogen-bond donors (Lipinski definition) is 2. The number of carbonyl (C=O) groups is 1.